The highest BCUT2D eigenvalue weighted by molar-refractivity contribution is 6.30. The number of hydrogen-bond donors (Lipinski definition) is 2. The van der Waals surface area contributed by atoms with E-state index in [1.54, 1.807) is 0 Å². The van der Waals surface area contributed by atoms with E-state index in [-0.39, 0.29) is 12.1 Å². The quantitative estimate of drug-likeness (QED) is 0.833. The van der Waals surface area contributed by atoms with Crippen molar-refractivity contribution in [3.8, 4) is 0 Å². The van der Waals surface area contributed by atoms with Crippen molar-refractivity contribution in [2.45, 2.75) is 32.7 Å². The molecule has 1 aromatic carbocycles. The number of hydrogen-bond acceptors (Lipinski definition) is 1. The normalized spacial score (nSPS) is 11.9. The lowest BCUT2D eigenvalue weighted by molar-refractivity contribution is 0.237. The van der Waals surface area contributed by atoms with Crippen LogP contribution in [0.4, 0.5) is 4.79 Å². The Kier molecular flexibility index (Phi) is 5.84. The summed E-state index contributed by atoms with van der Waals surface area (Å²) in [5.74, 6) is 0. The van der Waals surface area contributed by atoms with Crippen molar-refractivity contribution in [2.24, 2.45) is 0 Å². The summed E-state index contributed by atoms with van der Waals surface area (Å²) in [6, 6.07) is 7.76. The first-order chi connectivity index (χ1) is 8.11. The van der Waals surface area contributed by atoms with E-state index >= 15 is 0 Å². The van der Waals surface area contributed by atoms with Gasteiger partial charge in [0.2, 0.25) is 0 Å². The molecule has 4 heteroatoms. The molecule has 2 N–H and O–H groups in total. The van der Waals surface area contributed by atoms with Crippen LogP contribution in [0.5, 0.6) is 0 Å². The molecule has 0 heterocycles. The zero-order valence-electron chi connectivity index (χ0n) is 10.3. The highest BCUT2D eigenvalue weighted by Gasteiger charge is 2.03. The smallest absolute Gasteiger partial charge is 0.315 e. The van der Waals surface area contributed by atoms with Crippen molar-refractivity contribution in [2.75, 3.05) is 6.54 Å². The summed E-state index contributed by atoms with van der Waals surface area (Å²) in [6.07, 6.45) is 1.75. The Balaban J connectivity index is 2.23. The van der Waals surface area contributed by atoms with Gasteiger partial charge in [-0.25, -0.2) is 4.79 Å². The number of halogens is 1. The zero-order chi connectivity index (χ0) is 12.7. The van der Waals surface area contributed by atoms with Crippen LogP contribution in [0, 0.1) is 0 Å². The van der Waals surface area contributed by atoms with Crippen LogP contribution in [-0.4, -0.2) is 18.6 Å². The van der Waals surface area contributed by atoms with E-state index in [1.807, 2.05) is 38.1 Å². The SMILES string of the molecule is CC[C@@H](C)NC(=O)NCCc1ccc(Cl)cc1. The van der Waals surface area contributed by atoms with Gasteiger partial charge in [0, 0.05) is 17.6 Å². The molecule has 0 aromatic heterocycles. The lowest BCUT2D eigenvalue weighted by atomic mass is 10.1. The van der Waals surface area contributed by atoms with Crippen molar-refractivity contribution in [3.63, 3.8) is 0 Å². The third kappa shape index (κ3) is 5.59. The first-order valence-corrected chi connectivity index (χ1v) is 6.28. The number of benzene rings is 1. The zero-order valence-corrected chi connectivity index (χ0v) is 11.1. The third-order valence-corrected chi connectivity index (χ3v) is 2.85. The molecule has 0 saturated heterocycles. The second kappa shape index (κ2) is 7.17. The number of urea groups is 1. The van der Waals surface area contributed by atoms with Gasteiger partial charge < -0.3 is 10.6 Å². The molecule has 0 radical (unpaired) electrons. The van der Waals surface area contributed by atoms with E-state index in [0.29, 0.717) is 6.54 Å². The van der Waals surface area contributed by atoms with E-state index in [4.69, 9.17) is 11.6 Å². The van der Waals surface area contributed by atoms with Gasteiger partial charge in [-0.15, -0.1) is 0 Å². The Labute approximate surface area is 108 Å². The van der Waals surface area contributed by atoms with Crippen LogP contribution in [0.2, 0.25) is 5.02 Å². The molecular weight excluding hydrogens is 236 g/mol. The number of nitrogens with one attached hydrogen (secondary N) is 2. The Morgan fingerprint density at radius 1 is 1.35 bits per heavy atom. The molecule has 0 spiro atoms. The van der Waals surface area contributed by atoms with Gasteiger partial charge in [-0.3, -0.25) is 0 Å². The van der Waals surface area contributed by atoms with Gasteiger partial charge in [-0.05, 0) is 37.5 Å². The Morgan fingerprint density at radius 2 is 2.00 bits per heavy atom. The minimum atomic E-state index is -0.103. The van der Waals surface area contributed by atoms with Crippen LogP contribution >= 0.6 is 11.6 Å². The average Bonchev–Trinajstić information content (AvgIpc) is 2.31. The molecule has 0 bridgehead atoms. The molecule has 3 nitrogen and oxygen atoms in total. The molecule has 17 heavy (non-hydrogen) atoms. The van der Waals surface area contributed by atoms with E-state index < -0.39 is 0 Å². The second-order valence-corrected chi connectivity index (χ2v) is 4.52. The lowest BCUT2D eigenvalue weighted by Crippen LogP contribution is -2.41. The van der Waals surface area contributed by atoms with Gasteiger partial charge in [0.25, 0.3) is 0 Å². The molecule has 0 fully saturated rings. The number of rotatable bonds is 5. The summed E-state index contributed by atoms with van der Waals surface area (Å²) in [7, 11) is 0. The molecule has 0 aliphatic rings. The molecule has 1 rings (SSSR count). The minimum absolute atomic E-state index is 0.103. The molecule has 0 aliphatic carbocycles. The van der Waals surface area contributed by atoms with Gasteiger partial charge in [-0.2, -0.15) is 0 Å². The topological polar surface area (TPSA) is 41.1 Å². The van der Waals surface area contributed by atoms with Gasteiger partial charge >= 0.3 is 6.03 Å². The fourth-order valence-electron chi connectivity index (χ4n) is 1.35. The summed E-state index contributed by atoms with van der Waals surface area (Å²) in [5, 5.41) is 6.41. The average molecular weight is 255 g/mol. The Morgan fingerprint density at radius 3 is 2.59 bits per heavy atom. The van der Waals surface area contributed by atoms with E-state index in [0.717, 1.165) is 17.9 Å². The van der Waals surface area contributed by atoms with E-state index in [9.17, 15) is 4.79 Å². The van der Waals surface area contributed by atoms with Crippen LogP contribution in [-0.2, 0) is 6.42 Å². The maximum atomic E-state index is 11.4. The van der Waals surface area contributed by atoms with Crippen LogP contribution in [0.15, 0.2) is 24.3 Å². The fourth-order valence-corrected chi connectivity index (χ4v) is 1.47. The van der Waals surface area contributed by atoms with Gasteiger partial charge in [0.15, 0.2) is 0 Å². The lowest BCUT2D eigenvalue weighted by Gasteiger charge is -2.12. The summed E-state index contributed by atoms with van der Waals surface area (Å²) >= 11 is 5.79. The Hall–Kier alpha value is -1.22. The summed E-state index contributed by atoms with van der Waals surface area (Å²) in [4.78, 5) is 11.4. The van der Waals surface area contributed by atoms with Crippen molar-refractivity contribution in [1.82, 2.24) is 10.6 Å². The van der Waals surface area contributed by atoms with Crippen molar-refractivity contribution in [3.05, 3.63) is 34.9 Å². The van der Waals surface area contributed by atoms with Gasteiger partial charge in [0.05, 0.1) is 0 Å². The van der Waals surface area contributed by atoms with Crippen LogP contribution in [0.25, 0.3) is 0 Å². The van der Waals surface area contributed by atoms with Crippen molar-refractivity contribution < 1.29 is 4.79 Å². The highest BCUT2D eigenvalue weighted by Crippen LogP contribution is 2.09. The number of amides is 2. The predicted molar refractivity (Wildman–Crippen MR) is 71.4 cm³/mol. The van der Waals surface area contributed by atoms with E-state index in [1.165, 1.54) is 5.56 Å². The van der Waals surface area contributed by atoms with Crippen LogP contribution < -0.4 is 10.6 Å². The van der Waals surface area contributed by atoms with Gasteiger partial charge in [-0.1, -0.05) is 30.7 Å². The first-order valence-electron chi connectivity index (χ1n) is 5.90. The molecule has 94 valence electrons. The maximum Gasteiger partial charge on any atom is 0.315 e. The van der Waals surface area contributed by atoms with Gasteiger partial charge in [0.1, 0.15) is 0 Å². The van der Waals surface area contributed by atoms with Crippen LogP contribution in [0.1, 0.15) is 25.8 Å². The van der Waals surface area contributed by atoms with Crippen molar-refractivity contribution >= 4 is 17.6 Å². The number of carbonyl (C=O) groups is 1. The predicted octanol–water partition coefficient (Wildman–Crippen LogP) is 2.98. The molecule has 1 aromatic rings. The van der Waals surface area contributed by atoms with Crippen LogP contribution in [0.3, 0.4) is 0 Å². The standard InChI is InChI=1S/C13H19ClN2O/c1-3-10(2)16-13(17)15-9-8-11-4-6-12(14)7-5-11/h4-7,10H,3,8-9H2,1-2H3,(H2,15,16,17)/t10-/m1/s1. The first kappa shape index (κ1) is 13.8. The summed E-state index contributed by atoms with van der Waals surface area (Å²) in [6.45, 7) is 4.65. The molecule has 0 aliphatic heterocycles. The molecule has 0 unspecified atom stereocenters. The fraction of sp³-hybridized carbons (Fsp3) is 0.462. The second-order valence-electron chi connectivity index (χ2n) is 4.09. The molecule has 0 saturated carbocycles. The maximum absolute atomic E-state index is 11.4. The molecule has 2 amide bonds. The van der Waals surface area contributed by atoms with E-state index in [2.05, 4.69) is 10.6 Å². The summed E-state index contributed by atoms with van der Waals surface area (Å²) in [5.41, 5.74) is 1.17. The highest BCUT2D eigenvalue weighted by atomic mass is 35.5. The largest absolute Gasteiger partial charge is 0.338 e. The molecular formula is C13H19ClN2O. The van der Waals surface area contributed by atoms with Crippen molar-refractivity contribution in [1.29, 1.82) is 0 Å². The third-order valence-electron chi connectivity index (χ3n) is 2.60. The summed E-state index contributed by atoms with van der Waals surface area (Å²) < 4.78 is 0. The monoisotopic (exact) mass is 254 g/mol. The number of carbonyl (C=O) groups excluding carboxylic acids is 1. The molecule has 1 atom stereocenters. The minimum Gasteiger partial charge on any atom is -0.338 e. The Bertz CT molecular complexity index is 351.